The van der Waals surface area contributed by atoms with Crippen LogP contribution in [0, 0.1) is 29.6 Å². The van der Waals surface area contributed by atoms with Gasteiger partial charge in [-0.2, -0.15) is 0 Å². The number of amides is 8. The minimum Gasteiger partial charge on any atom is -0.480 e. The fraction of sp³-hybridized carbons (Fsp3) is 0.677. The topological polar surface area (TPSA) is 348 Å². The monoisotopic (exact) mass is 1290 g/mol. The first-order chi connectivity index (χ1) is 43.4. The van der Waals surface area contributed by atoms with Gasteiger partial charge >= 0.3 is 12.1 Å². The molecule has 5 rings (SSSR count). The summed E-state index contributed by atoms with van der Waals surface area (Å²) < 4.78 is 35.6. The van der Waals surface area contributed by atoms with Crippen molar-refractivity contribution in [2.24, 2.45) is 34.7 Å². The van der Waals surface area contributed by atoms with Crippen LogP contribution in [-0.4, -0.2) is 199 Å². The van der Waals surface area contributed by atoms with E-state index in [1.807, 2.05) is 19.9 Å². The number of carboxylic acids is 1. The Morgan fingerprint density at radius 2 is 1.39 bits per heavy atom. The third-order valence-electron chi connectivity index (χ3n) is 17.6. The molecule has 3 saturated heterocycles. The number of hydrogen-bond acceptors (Lipinski definition) is 16. The van der Waals surface area contributed by atoms with Gasteiger partial charge in [-0.3, -0.25) is 38.5 Å². The summed E-state index contributed by atoms with van der Waals surface area (Å²) in [4.78, 5) is 131. The molecular weight excluding hydrogens is 1190 g/mol. The number of methoxy groups -OCH3 is 2. The Balaban J connectivity index is 1.15. The fourth-order valence-electron chi connectivity index (χ4n) is 12.4. The Hall–Kier alpha value is -7.42. The van der Waals surface area contributed by atoms with E-state index < -0.39 is 150 Å². The lowest BCUT2D eigenvalue weighted by Gasteiger charge is -2.41. The molecule has 0 aromatic heterocycles. The number of fused-ring (bicyclic) bond motifs is 1. The summed E-state index contributed by atoms with van der Waals surface area (Å²) in [6.07, 6.45) is -3.36. The van der Waals surface area contributed by atoms with E-state index in [1.165, 1.54) is 38.0 Å². The lowest BCUT2D eigenvalue weighted by molar-refractivity contribution is -0.187. The average Bonchev–Trinajstić information content (AvgIpc) is 1.60. The SMILES string of the molecule is CC[C@H](C)C(C(CC(=O)N1CCC[C@H]1[C@H](OC)[C@@H](C)C(=O)NC(Cc1ccccc1)C(=O)O)OC)N(C)C(=O)[C@@H](NC(=O)[C@H](C(C)C)N(C)C(=O)OCc1ccc(NC(=O)[C@H](C)NC(=O)[C@@H](NC(=O)CC2OC(CN=[N+]=[N-])C3OC(C)(C)OC23)C(C)C)cc1)C(C)C. The third kappa shape index (κ3) is 20.0. The van der Waals surface area contributed by atoms with Crippen molar-refractivity contribution in [1.29, 1.82) is 0 Å². The number of rotatable bonds is 33. The van der Waals surface area contributed by atoms with Crippen molar-refractivity contribution in [1.82, 2.24) is 36.0 Å². The second-order valence-corrected chi connectivity index (χ2v) is 25.9. The molecule has 0 bridgehead atoms. The number of azide groups is 1. The zero-order valence-corrected chi connectivity index (χ0v) is 56.2. The molecule has 2 aromatic rings. The van der Waals surface area contributed by atoms with Crippen LogP contribution in [0.4, 0.5) is 10.5 Å². The van der Waals surface area contributed by atoms with Crippen molar-refractivity contribution < 1.29 is 76.7 Å². The summed E-state index contributed by atoms with van der Waals surface area (Å²) in [6.45, 7) is 21.3. The number of nitrogens with one attached hydrogen (secondary N) is 5. The summed E-state index contributed by atoms with van der Waals surface area (Å²) in [5.74, 6) is -7.84. The predicted octanol–water partition coefficient (Wildman–Crippen LogP) is 5.72. The Morgan fingerprint density at radius 1 is 0.761 bits per heavy atom. The molecule has 15 atom stereocenters. The lowest BCUT2D eigenvalue weighted by atomic mass is 9.89. The molecule has 0 spiro atoms. The molecule has 2 aromatic carbocycles. The van der Waals surface area contributed by atoms with Crippen LogP contribution < -0.4 is 26.6 Å². The van der Waals surface area contributed by atoms with Crippen LogP contribution in [0.2, 0.25) is 0 Å². The Labute approximate surface area is 540 Å². The first kappa shape index (κ1) is 75.3. The Kier molecular flexibility index (Phi) is 28.2. The fourth-order valence-corrected chi connectivity index (χ4v) is 12.4. The van der Waals surface area contributed by atoms with Gasteiger partial charge < -0.3 is 69.9 Å². The van der Waals surface area contributed by atoms with Crippen LogP contribution in [0.25, 0.3) is 10.4 Å². The molecule has 3 heterocycles. The molecule has 510 valence electrons. The maximum absolute atomic E-state index is 14.8. The van der Waals surface area contributed by atoms with Crippen LogP contribution in [0.3, 0.4) is 0 Å². The van der Waals surface area contributed by atoms with Gasteiger partial charge in [0.05, 0.1) is 61.8 Å². The highest BCUT2D eigenvalue weighted by Gasteiger charge is 2.55. The molecule has 7 unspecified atom stereocenters. The number of carboxylic acid groups (broad SMARTS) is 1. The van der Waals surface area contributed by atoms with Gasteiger partial charge in [0.25, 0.3) is 0 Å². The van der Waals surface area contributed by atoms with Crippen molar-refractivity contribution in [2.75, 3.05) is 46.7 Å². The van der Waals surface area contributed by atoms with Gasteiger partial charge in [0.2, 0.25) is 41.4 Å². The zero-order valence-electron chi connectivity index (χ0n) is 56.2. The number of hydrogen-bond donors (Lipinski definition) is 6. The van der Waals surface area contributed by atoms with E-state index in [2.05, 4.69) is 36.6 Å². The molecule has 0 saturated carbocycles. The predicted molar refractivity (Wildman–Crippen MR) is 340 cm³/mol. The molecule has 92 heavy (non-hydrogen) atoms. The summed E-state index contributed by atoms with van der Waals surface area (Å²) in [5, 5.41) is 27.4. The first-order valence-corrected chi connectivity index (χ1v) is 31.8. The molecule has 0 radical (unpaired) electrons. The normalized spacial score (nSPS) is 21.6. The standard InChI is InChI=1S/C65H99N11O16/c1-17-38(8)54(46(87-15)32-50(78)76-29-21-24-45(76)55(88-16)39(9)58(79)70-44(63(84)85)30-41-22-19-18-20-23-41)74(13)62(83)52(36(4)5)72-61(82)53(37(6)7)75(14)64(86)89-34-42-25-27-43(28-26-42)69-59(80)40(10)68-60(81)51(35(2)3)71-49(77)31-47-56-57(92-65(11,12)91-56)48(90-47)33-67-73-66/h18-20,22-23,25-28,35-40,44-48,51-57H,17,21,24,29-34H2,1-16H3,(H,68,81)(H,69,80)(H,70,79)(H,71,77)(H,72,82)(H,84,85)/t38-,39+,40-,44?,45-,46?,47?,48?,51-,52-,53-,54?,55+,56?,57?/m0/s1. The first-order valence-electron chi connectivity index (χ1n) is 31.8. The van der Waals surface area contributed by atoms with Gasteiger partial charge in [0.15, 0.2) is 5.79 Å². The minimum atomic E-state index is -1.19. The summed E-state index contributed by atoms with van der Waals surface area (Å²) in [5.41, 5.74) is 10.5. The Bertz CT molecular complexity index is 2890. The number of benzene rings is 2. The van der Waals surface area contributed by atoms with Crippen LogP contribution >= 0.6 is 0 Å². The maximum atomic E-state index is 14.8. The smallest absolute Gasteiger partial charge is 0.410 e. The highest BCUT2D eigenvalue weighted by Crippen LogP contribution is 2.40. The molecular formula is C65H99N11O16. The Morgan fingerprint density at radius 3 is 1.96 bits per heavy atom. The number of likely N-dealkylation sites (N-methyl/N-ethyl adjacent to an activating group) is 2. The van der Waals surface area contributed by atoms with Gasteiger partial charge in [-0.25, -0.2) is 9.59 Å². The number of carbonyl (C=O) groups is 9. The van der Waals surface area contributed by atoms with E-state index in [0.717, 1.165) is 5.56 Å². The largest absolute Gasteiger partial charge is 0.480 e. The van der Waals surface area contributed by atoms with E-state index >= 15 is 0 Å². The van der Waals surface area contributed by atoms with Crippen molar-refractivity contribution in [2.45, 2.75) is 213 Å². The van der Waals surface area contributed by atoms with Crippen LogP contribution in [0.15, 0.2) is 59.7 Å². The quantitative estimate of drug-likeness (QED) is 0.0282. The number of anilines is 1. The van der Waals surface area contributed by atoms with Crippen molar-refractivity contribution in [3.63, 3.8) is 0 Å². The van der Waals surface area contributed by atoms with Crippen molar-refractivity contribution in [3.8, 4) is 0 Å². The molecule has 3 aliphatic heterocycles. The van der Waals surface area contributed by atoms with Gasteiger partial charge in [-0.05, 0) is 86.1 Å². The number of ether oxygens (including phenoxy) is 6. The van der Waals surface area contributed by atoms with Gasteiger partial charge in [0.1, 0.15) is 49.0 Å². The van der Waals surface area contributed by atoms with E-state index in [0.29, 0.717) is 37.1 Å². The number of likely N-dealkylation sites (tertiary alicyclic amines) is 1. The second kappa shape index (κ2) is 34.5. The zero-order chi connectivity index (χ0) is 68.5. The minimum absolute atomic E-state index is 0.0152. The van der Waals surface area contributed by atoms with Gasteiger partial charge in [-0.1, -0.05) is 116 Å². The summed E-state index contributed by atoms with van der Waals surface area (Å²) in [7, 11) is 6.00. The van der Waals surface area contributed by atoms with Crippen molar-refractivity contribution in [3.05, 3.63) is 76.2 Å². The van der Waals surface area contributed by atoms with Crippen LogP contribution in [0.5, 0.6) is 0 Å². The van der Waals surface area contributed by atoms with Gasteiger partial charge in [0, 0.05) is 51.9 Å². The molecule has 3 aliphatic rings. The highest BCUT2D eigenvalue weighted by atomic mass is 16.8. The van der Waals surface area contributed by atoms with Crippen LogP contribution in [-0.2, 0) is 79.8 Å². The third-order valence-corrected chi connectivity index (χ3v) is 17.6. The number of carbonyl (C=O) groups excluding carboxylic acids is 8. The molecule has 8 amide bonds. The molecule has 27 nitrogen and oxygen atoms in total. The van der Waals surface area contributed by atoms with E-state index in [4.69, 9.17) is 34.0 Å². The van der Waals surface area contributed by atoms with Crippen molar-refractivity contribution >= 4 is 59.1 Å². The van der Waals surface area contributed by atoms with Crippen LogP contribution in [0.1, 0.15) is 126 Å². The molecule has 6 N–H and O–H groups in total. The molecule has 3 fully saturated rings. The van der Waals surface area contributed by atoms with E-state index in [1.54, 1.807) is 123 Å². The average molecular weight is 1290 g/mol. The van der Waals surface area contributed by atoms with E-state index in [9.17, 15) is 48.3 Å². The lowest BCUT2D eigenvalue weighted by Crippen LogP contribution is -2.60. The maximum Gasteiger partial charge on any atom is 0.410 e. The summed E-state index contributed by atoms with van der Waals surface area (Å²) in [6, 6.07) is 8.90. The van der Waals surface area contributed by atoms with Gasteiger partial charge in [-0.15, -0.1) is 0 Å². The number of nitrogens with zero attached hydrogens (tertiary/aromatic N) is 6. The molecule has 27 heteroatoms. The second-order valence-electron chi connectivity index (χ2n) is 25.9. The van der Waals surface area contributed by atoms with E-state index in [-0.39, 0.29) is 50.2 Å². The summed E-state index contributed by atoms with van der Waals surface area (Å²) >= 11 is 0. The number of aliphatic carboxylic acids is 1. The highest BCUT2D eigenvalue weighted by molar-refractivity contribution is 5.98. The molecule has 0 aliphatic carbocycles.